The summed E-state index contributed by atoms with van der Waals surface area (Å²) in [5, 5.41) is 6.09. The van der Waals surface area contributed by atoms with Crippen LogP contribution >= 0.6 is 23.2 Å². The fourth-order valence-corrected chi connectivity index (χ4v) is 3.36. The van der Waals surface area contributed by atoms with Gasteiger partial charge in [0, 0.05) is 36.6 Å². The second-order valence-electron chi connectivity index (χ2n) is 6.90. The zero-order valence-corrected chi connectivity index (χ0v) is 16.4. The van der Waals surface area contributed by atoms with E-state index in [9.17, 15) is 14.4 Å². The molecule has 1 fully saturated rings. The fraction of sp³-hybridized carbons (Fsp3) is 0.500. The molecule has 1 aromatic rings. The standard InChI is InChI=1S/C18H23Cl2N3O3/c1-18(2)14(9-15(24)22-18)17(26)23(7-6-21-16(25)10-19)11-12-4-3-5-13(20)8-12/h3-5,8,14H,6-7,9-11H2,1-2H3,(H,21,25)(H,22,24). The second kappa shape index (κ2) is 8.73. The van der Waals surface area contributed by atoms with E-state index in [-0.39, 0.29) is 36.6 Å². The van der Waals surface area contributed by atoms with E-state index in [2.05, 4.69) is 10.6 Å². The maximum absolute atomic E-state index is 13.1. The van der Waals surface area contributed by atoms with Crippen LogP contribution in [0.4, 0.5) is 0 Å². The van der Waals surface area contributed by atoms with Crippen molar-refractivity contribution >= 4 is 40.9 Å². The third-order valence-corrected chi connectivity index (χ3v) is 4.90. The van der Waals surface area contributed by atoms with Gasteiger partial charge in [-0.05, 0) is 31.5 Å². The highest BCUT2D eigenvalue weighted by molar-refractivity contribution is 6.30. The normalized spacial score (nSPS) is 18.3. The molecule has 6 nitrogen and oxygen atoms in total. The van der Waals surface area contributed by atoms with Crippen molar-refractivity contribution in [2.24, 2.45) is 5.92 Å². The predicted molar refractivity (Wildman–Crippen MR) is 101 cm³/mol. The largest absolute Gasteiger partial charge is 0.353 e. The molecule has 1 aromatic carbocycles. The Hall–Kier alpha value is -1.79. The summed E-state index contributed by atoms with van der Waals surface area (Å²) in [7, 11) is 0. The zero-order chi connectivity index (χ0) is 19.3. The molecule has 0 spiro atoms. The van der Waals surface area contributed by atoms with E-state index in [1.54, 1.807) is 17.0 Å². The molecule has 0 radical (unpaired) electrons. The third kappa shape index (κ3) is 5.35. The first-order chi connectivity index (χ1) is 12.2. The molecule has 2 N–H and O–H groups in total. The molecule has 0 bridgehead atoms. The van der Waals surface area contributed by atoms with Crippen LogP contribution in [0.3, 0.4) is 0 Å². The number of hydrogen-bond acceptors (Lipinski definition) is 3. The number of rotatable bonds is 7. The van der Waals surface area contributed by atoms with Gasteiger partial charge in [-0.2, -0.15) is 0 Å². The van der Waals surface area contributed by atoms with Crippen molar-refractivity contribution in [2.75, 3.05) is 19.0 Å². The molecule has 0 aromatic heterocycles. The summed E-state index contributed by atoms with van der Waals surface area (Å²) in [5.41, 5.74) is 0.268. The molecule has 3 amide bonds. The number of hydrogen-bond donors (Lipinski definition) is 2. The van der Waals surface area contributed by atoms with E-state index in [0.29, 0.717) is 18.1 Å². The van der Waals surface area contributed by atoms with Crippen LogP contribution in [0.1, 0.15) is 25.8 Å². The number of nitrogens with zero attached hydrogens (tertiary/aromatic N) is 1. The molecule has 26 heavy (non-hydrogen) atoms. The van der Waals surface area contributed by atoms with Crippen molar-refractivity contribution in [1.82, 2.24) is 15.5 Å². The first-order valence-corrected chi connectivity index (χ1v) is 9.31. The highest BCUT2D eigenvalue weighted by Gasteiger charge is 2.45. The van der Waals surface area contributed by atoms with Gasteiger partial charge in [-0.25, -0.2) is 0 Å². The maximum Gasteiger partial charge on any atom is 0.234 e. The van der Waals surface area contributed by atoms with E-state index in [0.717, 1.165) is 5.56 Å². The molecule has 0 aliphatic carbocycles. The number of nitrogens with one attached hydrogen (secondary N) is 2. The molecular weight excluding hydrogens is 377 g/mol. The summed E-state index contributed by atoms with van der Waals surface area (Å²) in [5.74, 6) is -1.14. The van der Waals surface area contributed by atoms with Gasteiger partial charge in [-0.1, -0.05) is 23.7 Å². The number of carbonyl (C=O) groups excluding carboxylic acids is 3. The average molecular weight is 400 g/mol. The summed E-state index contributed by atoms with van der Waals surface area (Å²) >= 11 is 11.5. The minimum atomic E-state index is -0.611. The van der Waals surface area contributed by atoms with E-state index in [4.69, 9.17) is 23.2 Å². The predicted octanol–water partition coefficient (Wildman–Crippen LogP) is 1.94. The van der Waals surface area contributed by atoms with Gasteiger partial charge in [0.05, 0.1) is 5.92 Å². The minimum Gasteiger partial charge on any atom is -0.353 e. The molecule has 1 unspecified atom stereocenters. The first-order valence-electron chi connectivity index (χ1n) is 8.40. The monoisotopic (exact) mass is 399 g/mol. The minimum absolute atomic E-state index is 0.129. The summed E-state index contributed by atoms with van der Waals surface area (Å²) in [6.07, 6.45) is 0.159. The van der Waals surface area contributed by atoms with Crippen LogP contribution in [-0.4, -0.2) is 47.1 Å². The lowest BCUT2D eigenvalue weighted by atomic mass is 9.88. The Bertz CT molecular complexity index is 694. The summed E-state index contributed by atoms with van der Waals surface area (Å²) in [6.45, 7) is 4.62. The average Bonchev–Trinajstić information content (AvgIpc) is 2.85. The highest BCUT2D eigenvalue weighted by atomic mass is 35.5. The summed E-state index contributed by atoms with van der Waals surface area (Å²) < 4.78 is 0. The molecule has 2 rings (SSSR count). The number of halogens is 2. The molecule has 1 aliphatic heterocycles. The van der Waals surface area contributed by atoms with Crippen molar-refractivity contribution in [2.45, 2.75) is 32.4 Å². The summed E-state index contributed by atoms with van der Waals surface area (Å²) in [6, 6.07) is 7.26. The number of carbonyl (C=O) groups is 3. The van der Waals surface area contributed by atoms with Crippen LogP contribution in [0.25, 0.3) is 0 Å². The van der Waals surface area contributed by atoms with Gasteiger partial charge in [-0.15, -0.1) is 11.6 Å². The molecule has 1 heterocycles. The molecule has 8 heteroatoms. The van der Waals surface area contributed by atoms with Gasteiger partial charge in [0.1, 0.15) is 5.88 Å². The van der Waals surface area contributed by atoms with E-state index in [1.165, 1.54) is 0 Å². The molecule has 1 aliphatic rings. The molecular formula is C18H23Cl2N3O3. The fourth-order valence-electron chi connectivity index (χ4n) is 3.05. The van der Waals surface area contributed by atoms with Crippen LogP contribution in [0.5, 0.6) is 0 Å². The molecule has 142 valence electrons. The van der Waals surface area contributed by atoms with Gasteiger partial charge in [0.15, 0.2) is 0 Å². The smallest absolute Gasteiger partial charge is 0.234 e. The van der Waals surface area contributed by atoms with Crippen molar-refractivity contribution in [1.29, 1.82) is 0 Å². The SMILES string of the molecule is CC1(C)NC(=O)CC1C(=O)N(CCNC(=O)CCl)Cc1cccc(Cl)c1. The van der Waals surface area contributed by atoms with Crippen LogP contribution in [-0.2, 0) is 20.9 Å². The van der Waals surface area contributed by atoms with Gasteiger partial charge in [-0.3, -0.25) is 14.4 Å². The topological polar surface area (TPSA) is 78.5 Å². The van der Waals surface area contributed by atoms with Crippen molar-refractivity contribution < 1.29 is 14.4 Å². The second-order valence-corrected chi connectivity index (χ2v) is 7.60. The Balaban J connectivity index is 2.14. The Kier molecular flexibility index (Phi) is 6.89. The Morgan fingerprint density at radius 3 is 2.69 bits per heavy atom. The quantitative estimate of drug-likeness (QED) is 0.687. The highest BCUT2D eigenvalue weighted by Crippen LogP contribution is 2.29. The van der Waals surface area contributed by atoms with E-state index < -0.39 is 11.5 Å². The Labute approximate surface area is 163 Å². The van der Waals surface area contributed by atoms with Crippen LogP contribution in [0.2, 0.25) is 5.02 Å². The van der Waals surface area contributed by atoms with Crippen molar-refractivity contribution in [3.8, 4) is 0 Å². The molecule has 1 atom stereocenters. The van der Waals surface area contributed by atoms with Gasteiger partial charge in [0.25, 0.3) is 0 Å². The lowest BCUT2D eigenvalue weighted by Gasteiger charge is -2.31. The van der Waals surface area contributed by atoms with E-state index in [1.807, 2.05) is 26.0 Å². The van der Waals surface area contributed by atoms with Crippen molar-refractivity contribution in [3.05, 3.63) is 34.9 Å². The van der Waals surface area contributed by atoms with Gasteiger partial charge < -0.3 is 15.5 Å². The van der Waals surface area contributed by atoms with Crippen molar-refractivity contribution in [3.63, 3.8) is 0 Å². The van der Waals surface area contributed by atoms with Gasteiger partial charge >= 0.3 is 0 Å². The van der Waals surface area contributed by atoms with E-state index >= 15 is 0 Å². The lowest BCUT2D eigenvalue weighted by Crippen LogP contribution is -2.48. The number of alkyl halides is 1. The number of benzene rings is 1. The Morgan fingerprint density at radius 2 is 2.12 bits per heavy atom. The van der Waals surface area contributed by atoms with Crippen LogP contribution in [0, 0.1) is 5.92 Å². The van der Waals surface area contributed by atoms with Crippen LogP contribution in [0.15, 0.2) is 24.3 Å². The molecule has 0 saturated carbocycles. The zero-order valence-electron chi connectivity index (χ0n) is 14.9. The van der Waals surface area contributed by atoms with Gasteiger partial charge in [0.2, 0.25) is 17.7 Å². The first kappa shape index (κ1) is 20.5. The van der Waals surface area contributed by atoms with Crippen LogP contribution < -0.4 is 10.6 Å². The maximum atomic E-state index is 13.1. The lowest BCUT2D eigenvalue weighted by molar-refractivity contribution is -0.138. The third-order valence-electron chi connectivity index (χ3n) is 4.42. The summed E-state index contributed by atoms with van der Waals surface area (Å²) in [4.78, 5) is 37.9. The number of amides is 3. The molecule has 1 saturated heterocycles. The Morgan fingerprint density at radius 1 is 1.38 bits per heavy atom.